The number of benzene rings is 1. The predicted octanol–water partition coefficient (Wildman–Crippen LogP) is 2.90. The molecule has 6 nitrogen and oxygen atoms in total. The molecule has 1 atom stereocenters. The van der Waals surface area contributed by atoms with E-state index < -0.39 is 0 Å². The van der Waals surface area contributed by atoms with Crippen molar-refractivity contribution < 1.29 is 4.79 Å². The Kier molecular flexibility index (Phi) is 4.77. The van der Waals surface area contributed by atoms with Crippen molar-refractivity contribution in [3.8, 4) is 17.6 Å². The van der Waals surface area contributed by atoms with Crippen molar-refractivity contribution in [1.29, 1.82) is 5.26 Å². The molecule has 0 radical (unpaired) electrons. The summed E-state index contributed by atoms with van der Waals surface area (Å²) < 4.78 is 0. The van der Waals surface area contributed by atoms with Gasteiger partial charge in [-0.3, -0.25) is 9.78 Å². The number of pyridine rings is 1. The van der Waals surface area contributed by atoms with E-state index in [1.54, 1.807) is 30.5 Å². The lowest BCUT2D eigenvalue weighted by molar-refractivity contribution is 0.0939. The van der Waals surface area contributed by atoms with E-state index in [0.29, 0.717) is 22.6 Å². The summed E-state index contributed by atoms with van der Waals surface area (Å²) in [4.78, 5) is 24.9. The first-order chi connectivity index (χ1) is 12.2. The monoisotopic (exact) mass is 329 g/mol. The number of hydrogen-bond acceptors (Lipinski definition) is 5. The molecule has 6 heteroatoms. The van der Waals surface area contributed by atoms with Crippen LogP contribution in [-0.2, 0) is 0 Å². The Morgan fingerprint density at radius 2 is 1.92 bits per heavy atom. The van der Waals surface area contributed by atoms with Crippen molar-refractivity contribution in [3.63, 3.8) is 0 Å². The van der Waals surface area contributed by atoms with Crippen LogP contribution in [0.3, 0.4) is 0 Å². The molecule has 1 amide bonds. The van der Waals surface area contributed by atoms with Crippen LogP contribution in [0, 0.1) is 11.3 Å². The molecule has 122 valence electrons. The fourth-order valence-corrected chi connectivity index (χ4v) is 2.31. The smallest absolute Gasteiger partial charge is 0.254 e. The predicted molar refractivity (Wildman–Crippen MR) is 92.3 cm³/mol. The molecular formula is C19H15N5O. The molecule has 0 aliphatic heterocycles. The van der Waals surface area contributed by atoms with Crippen LogP contribution in [0.2, 0.25) is 0 Å². The molecule has 0 aliphatic carbocycles. The molecule has 0 saturated carbocycles. The highest BCUT2D eigenvalue weighted by Crippen LogP contribution is 2.15. The Morgan fingerprint density at radius 3 is 2.60 bits per heavy atom. The van der Waals surface area contributed by atoms with Crippen molar-refractivity contribution in [1.82, 2.24) is 20.3 Å². The Morgan fingerprint density at radius 1 is 1.12 bits per heavy atom. The van der Waals surface area contributed by atoms with E-state index in [4.69, 9.17) is 5.26 Å². The first-order valence-corrected chi connectivity index (χ1v) is 7.72. The first-order valence-electron chi connectivity index (χ1n) is 7.72. The minimum absolute atomic E-state index is 0.240. The largest absolute Gasteiger partial charge is 0.345 e. The Balaban J connectivity index is 1.72. The Hall–Kier alpha value is -3.59. The second kappa shape index (κ2) is 7.32. The van der Waals surface area contributed by atoms with Crippen LogP contribution >= 0.6 is 0 Å². The van der Waals surface area contributed by atoms with Gasteiger partial charge in [0.2, 0.25) is 0 Å². The van der Waals surface area contributed by atoms with Gasteiger partial charge in [0.15, 0.2) is 5.82 Å². The second-order valence-corrected chi connectivity index (χ2v) is 5.44. The third kappa shape index (κ3) is 3.85. The molecule has 1 N–H and O–H groups in total. The maximum Gasteiger partial charge on any atom is 0.254 e. The molecule has 0 aliphatic rings. The molecule has 0 fully saturated rings. The van der Waals surface area contributed by atoms with Crippen LogP contribution in [0.5, 0.6) is 0 Å². The van der Waals surface area contributed by atoms with E-state index in [-0.39, 0.29) is 11.9 Å². The van der Waals surface area contributed by atoms with Gasteiger partial charge < -0.3 is 5.32 Å². The van der Waals surface area contributed by atoms with Gasteiger partial charge in [0.05, 0.1) is 23.2 Å². The second-order valence-electron chi connectivity index (χ2n) is 5.44. The molecule has 25 heavy (non-hydrogen) atoms. The highest BCUT2D eigenvalue weighted by atomic mass is 16.1. The number of amides is 1. The summed E-state index contributed by atoms with van der Waals surface area (Å²) in [5.74, 6) is 0.189. The van der Waals surface area contributed by atoms with Gasteiger partial charge in [-0.25, -0.2) is 9.97 Å². The molecule has 2 heterocycles. The van der Waals surface area contributed by atoms with Crippen LogP contribution in [0.4, 0.5) is 0 Å². The summed E-state index contributed by atoms with van der Waals surface area (Å²) in [6, 6.07) is 14.5. The normalized spacial score (nSPS) is 11.4. The van der Waals surface area contributed by atoms with Crippen LogP contribution in [0.1, 0.15) is 34.5 Å². The zero-order valence-corrected chi connectivity index (χ0v) is 13.5. The maximum absolute atomic E-state index is 12.4. The summed E-state index contributed by atoms with van der Waals surface area (Å²) in [5, 5.41) is 11.8. The van der Waals surface area contributed by atoms with Gasteiger partial charge in [-0.2, -0.15) is 5.26 Å². The quantitative estimate of drug-likeness (QED) is 0.794. The summed E-state index contributed by atoms with van der Waals surface area (Å²) in [6.07, 6.45) is 4.62. The molecule has 3 rings (SSSR count). The zero-order chi connectivity index (χ0) is 17.6. The average Bonchev–Trinajstić information content (AvgIpc) is 2.68. The van der Waals surface area contributed by atoms with Crippen LogP contribution < -0.4 is 5.32 Å². The molecule has 0 bridgehead atoms. The number of nitrogens with zero attached hydrogens (tertiary/aromatic N) is 4. The lowest BCUT2D eigenvalue weighted by Crippen LogP contribution is -2.27. The van der Waals surface area contributed by atoms with Crippen molar-refractivity contribution >= 4 is 5.91 Å². The fraction of sp³-hybridized carbons (Fsp3) is 0.105. The van der Waals surface area contributed by atoms with Crippen LogP contribution in [0.15, 0.2) is 61.1 Å². The molecule has 0 spiro atoms. The third-order valence-corrected chi connectivity index (χ3v) is 3.67. The van der Waals surface area contributed by atoms with Gasteiger partial charge in [0.1, 0.15) is 5.69 Å². The Labute approximate surface area is 145 Å². The van der Waals surface area contributed by atoms with E-state index in [1.807, 2.05) is 25.1 Å². The van der Waals surface area contributed by atoms with Gasteiger partial charge in [0.25, 0.3) is 5.91 Å². The van der Waals surface area contributed by atoms with Gasteiger partial charge in [-0.1, -0.05) is 18.2 Å². The fourth-order valence-electron chi connectivity index (χ4n) is 2.31. The summed E-state index contributed by atoms with van der Waals surface area (Å²) in [7, 11) is 0. The van der Waals surface area contributed by atoms with Crippen molar-refractivity contribution in [2.24, 2.45) is 0 Å². The molecule has 2 aromatic heterocycles. The van der Waals surface area contributed by atoms with Crippen molar-refractivity contribution in [2.45, 2.75) is 13.0 Å². The number of carbonyl (C=O) groups excluding carboxylic acids is 1. The van der Waals surface area contributed by atoms with E-state index in [0.717, 1.165) is 5.56 Å². The molecule has 1 aromatic carbocycles. The zero-order valence-electron chi connectivity index (χ0n) is 13.5. The van der Waals surface area contributed by atoms with Crippen LogP contribution in [-0.4, -0.2) is 20.9 Å². The van der Waals surface area contributed by atoms with Gasteiger partial charge in [-0.05, 0) is 36.8 Å². The summed E-state index contributed by atoms with van der Waals surface area (Å²) >= 11 is 0. The molecule has 1 unspecified atom stereocenters. The highest BCUT2D eigenvalue weighted by Gasteiger charge is 2.13. The number of carbonyl (C=O) groups is 1. The molecular weight excluding hydrogens is 314 g/mol. The SMILES string of the molecule is CC(NC(=O)c1cnc(-c2ccccn2)nc1)c1cccc(C#N)c1. The number of nitrogens with one attached hydrogen (secondary N) is 1. The van der Waals surface area contributed by atoms with E-state index >= 15 is 0 Å². The molecule has 3 aromatic rings. The minimum atomic E-state index is -0.276. The number of nitriles is 1. The topological polar surface area (TPSA) is 91.6 Å². The minimum Gasteiger partial charge on any atom is -0.345 e. The van der Waals surface area contributed by atoms with E-state index in [2.05, 4.69) is 26.3 Å². The summed E-state index contributed by atoms with van der Waals surface area (Å²) in [6.45, 7) is 1.86. The lowest BCUT2D eigenvalue weighted by atomic mass is 10.1. The van der Waals surface area contributed by atoms with Gasteiger partial charge in [0, 0.05) is 18.6 Å². The standard InChI is InChI=1S/C19H15N5O/c1-13(15-6-4-5-14(9-15)10-20)24-19(25)16-11-22-18(23-12-16)17-7-2-3-8-21-17/h2-9,11-13H,1H3,(H,24,25). The van der Waals surface area contributed by atoms with Gasteiger partial charge >= 0.3 is 0 Å². The summed E-state index contributed by atoms with van der Waals surface area (Å²) in [5.41, 5.74) is 2.43. The highest BCUT2D eigenvalue weighted by molar-refractivity contribution is 5.93. The maximum atomic E-state index is 12.4. The van der Waals surface area contributed by atoms with E-state index in [1.165, 1.54) is 12.4 Å². The van der Waals surface area contributed by atoms with Crippen LogP contribution in [0.25, 0.3) is 11.5 Å². The van der Waals surface area contributed by atoms with Crippen molar-refractivity contribution in [3.05, 3.63) is 77.7 Å². The lowest BCUT2D eigenvalue weighted by Gasteiger charge is -2.14. The third-order valence-electron chi connectivity index (χ3n) is 3.67. The number of aromatic nitrogens is 3. The number of hydrogen-bond donors (Lipinski definition) is 1. The van der Waals surface area contributed by atoms with Crippen molar-refractivity contribution in [2.75, 3.05) is 0 Å². The first kappa shape index (κ1) is 16.3. The molecule has 0 saturated heterocycles. The van der Waals surface area contributed by atoms with E-state index in [9.17, 15) is 4.79 Å². The Bertz CT molecular complexity index is 917. The van der Waals surface area contributed by atoms with Gasteiger partial charge in [-0.15, -0.1) is 0 Å². The number of rotatable bonds is 4. The average molecular weight is 329 g/mol.